The predicted molar refractivity (Wildman–Crippen MR) is 64.9 cm³/mol. The summed E-state index contributed by atoms with van der Waals surface area (Å²) in [7, 11) is 0. The number of benzene rings is 1. The van der Waals surface area contributed by atoms with Crippen molar-refractivity contribution in [3.63, 3.8) is 0 Å². The summed E-state index contributed by atoms with van der Waals surface area (Å²) in [5.41, 5.74) is 0.481. The van der Waals surface area contributed by atoms with Gasteiger partial charge in [0.15, 0.2) is 0 Å². The van der Waals surface area contributed by atoms with Crippen LogP contribution < -0.4 is 0 Å². The van der Waals surface area contributed by atoms with Crippen molar-refractivity contribution in [1.29, 1.82) is 0 Å². The van der Waals surface area contributed by atoms with Gasteiger partial charge in [0.25, 0.3) is 0 Å². The predicted octanol–water partition coefficient (Wildman–Crippen LogP) is 2.91. The highest BCUT2D eigenvalue weighted by Crippen LogP contribution is 2.19. The molecule has 1 aromatic rings. The number of aromatic hydroxyl groups is 1. The van der Waals surface area contributed by atoms with Crippen molar-refractivity contribution in [2.75, 3.05) is 6.61 Å². The van der Waals surface area contributed by atoms with Gasteiger partial charge < -0.3 is 9.84 Å². The van der Waals surface area contributed by atoms with E-state index in [-0.39, 0.29) is 11.7 Å². The van der Waals surface area contributed by atoms with E-state index in [2.05, 4.69) is 12.2 Å². The molecule has 0 heterocycles. The molecule has 1 N–H and O–H groups in total. The minimum Gasteiger partial charge on any atom is -0.508 e. The number of rotatable bonds is 3. The molecule has 3 heteroatoms. The van der Waals surface area contributed by atoms with Crippen LogP contribution >= 0.6 is 0 Å². The molecule has 3 nitrogen and oxygen atoms in total. The quantitative estimate of drug-likeness (QED) is 0.643. The molecule has 0 bridgehead atoms. The van der Waals surface area contributed by atoms with Crippen LogP contribution in [0.25, 0.3) is 0 Å². The normalized spacial score (nSPS) is 18.9. The van der Waals surface area contributed by atoms with Crippen molar-refractivity contribution in [1.82, 2.24) is 0 Å². The van der Waals surface area contributed by atoms with E-state index in [9.17, 15) is 4.79 Å². The number of phenols is 1. The monoisotopic (exact) mass is 232 g/mol. The lowest BCUT2D eigenvalue weighted by atomic mass is 9.95. The van der Waals surface area contributed by atoms with Crippen LogP contribution in [0.5, 0.6) is 5.75 Å². The highest BCUT2D eigenvalue weighted by Gasteiger charge is 2.13. The largest absolute Gasteiger partial charge is 0.508 e. The minimum atomic E-state index is -0.320. The third-order valence-electron chi connectivity index (χ3n) is 2.93. The van der Waals surface area contributed by atoms with Gasteiger partial charge >= 0.3 is 5.97 Å². The Kier molecular flexibility index (Phi) is 3.81. The van der Waals surface area contributed by atoms with Crippen LogP contribution in [0.2, 0.25) is 0 Å². The summed E-state index contributed by atoms with van der Waals surface area (Å²) in [4.78, 5) is 11.7. The van der Waals surface area contributed by atoms with Gasteiger partial charge in [0, 0.05) is 0 Å². The van der Waals surface area contributed by atoms with E-state index in [1.807, 2.05) is 0 Å². The Morgan fingerprint density at radius 1 is 1.29 bits per heavy atom. The zero-order valence-corrected chi connectivity index (χ0v) is 9.63. The van der Waals surface area contributed by atoms with E-state index in [4.69, 9.17) is 9.84 Å². The smallest absolute Gasteiger partial charge is 0.338 e. The second-order valence-corrected chi connectivity index (χ2v) is 4.30. The summed E-state index contributed by atoms with van der Waals surface area (Å²) in [5.74, 6) is 0.277. The van der Waals surface area contributed by atoms with Gasteiger partial charge in [0.05, 0.1) is 12.2 Å². The van der Waals surface area contributed by atoms with Gasteiger partial charge in [-0.05, 0) is 49.4 Å². The topological polar surface area (TPSA) is 46.5 Å². The Labute approximate surface area is 101 Å². The van der Waals surface area contributed by atoms with E-state index in [1.165, 1.54) is 12.1 Å². The van der Waals surface area contributed by atoms with Crippen molar-refractivity contribution in [2.45, 2.75) is 19.3 Å². The number of carbonyl (C=O) groups is 1. The molecule has 1 unspecified atom stereocenters. The van der Waals surface area contributed by atoms with Crippen LogP contribution in [0.1, 0.15) is 29.6 Å². The lowest BCUT2D eigenvalue weighted by Gasteiger charge is -2.17. The Morgan fingerprint density at radius 2 is 2.06 bits per heavy atom. The summed E-state index contributed by atoms with van der Waals surface area (Å²) in [5, 5.41) is 9.11. The van der Waals surface area contributed by atoms with Crippen molar-refractivity contribution in [3.05, 3.63) is 42.0 Å². The van der Waals surface area contributed by atoms with E-state index in [0.717, 1.165) is 19.3 Å². The molecule has 1 aliphatic carbocycles. The average molecular weight is 232 g/mol. The fraction of sp³-hybridized carbons (Fsp3) is 0.357. The highest BCUT2D eigenvalue weighted by molar-refractivity contribution is 5.89. The van der Waals surface area contributed by atoms with E-state index < -0.39 is 0 Å². The van der Waals surface area contributed by atoms with Gasteiger partial charge in [0.1, 0.15) is 5.75 Å². The Hall–Kier alpha value is -1.77. The van der Waals surface area contributed by atoms with Crippen molar-refractivity contribution in [2.24, 2.45) is 5.92 Å². The zero-order chi connectivity index (χ0) is 12.1. The van der Waals surface area contributed by atoms with Crippen LogP contribution in [0, 0.1) is 5.92 Å². The van der Waals surface area contributed by atoms with Crippen LogP contribution in [-0.4, -0.2) is 17.7 Å². The van der Waals surface area contributed by atoms with Gasteiger partial charge in [-0.3, -0.25) is 0 Å². The first-order valence-corrected chi connectivity index (χ1v) is 5.87. The lowest BCUT2D eigenvalue weighted by molar-refractivity contribution is 0.0432. The van der Waals surface area contributed by atoms with E-state index in [1.54, 1.807) is 12.1 Å². The highest BCUT2D eigenvalue weighted by atomic mass is 16.5. The SMILES string of the molecule is O=C(OCC1CC=CCC1)c1ccc(O)cc1. The Morgan fingerprint density at radius 3 is 2.71 bits per heavy atom. The molecule has 1 aliphatic rings. The number of allylic oxidation sites excluding steroid dienone is 2. The molecule has 1 atom stereocenters. The lowest BCUT2D eigenvalue weighted by Crippen LogP contribution is -2.15. The number of hydrogen-bond acceptors (Lipinski definition) is 3. The van der Waals surface area contributed by atoms with Crippen LogP contribution in [0.3, 0.4) is 0 Å². The summed E-state index contributed by atoms with van der Waals surface area (Å²) in [6, 6.07) is 6.11. The van der Waals surface area contributed by atoms with Gasteiger partial charge in [0.2, 0.25) is 0 Å². The first kappa shape index (κ1) is 11.7. The molecule has 0 spiro atoms. The number of ether oxygens (including phenoxy) is 1. The van der Waals surface area contributed by atoms with Crippen molar-refractivity contribution >= 4 is 5.97 Å². The summed E-state index contributed by atoms with van der Waals surface area (Å²) < 4.78 is 5.25. The maximum absolute atomic E-state index is 11.7. The molecule has 0 aliphatic heterocycles. The maximum Gasteiger partial charge on any atom is 0.338 e. The number of carbonyl (C=O) groups excluding carboxylic acids is 1. The van der Waals surface area contributed by atoms with Gasteiger partial charge in [-0.2, -0.15) is 0 Å². The molecule has 2 rings (SSSR count). The standard InChI is InChI=1S/C14H16O3/c15-13-8-6-12(7-9-13)14(16)17-10-11-4-2-1-3-5-11/h1-2,6-9,11,15H,3-5,10H2. The van der Waals surface area contributed by atoms with Gasteiger partial charge in [-0.15, -0.1) is 0 Å². The summed E-state index contributed by atoms with van der Waals surface area (Å²) >= 11 is 0. The molecular formula is C14H16O3. The average Bonchev–Trinajstić information content (AvgIpc) is 2.38. The Balaban J connectivity index is 1.84. The summed E-state index contributed by atoms with van der Waals surface area (Å²) in [6.45, 7) is 0.476. The molecule has 0 radical (unpaired) electrons. The van der Waals surface area contributed by atoms with E-state index >= 15 is 0 Å². The molecule has 1 aromatic carbocycles. The van der Waals surface area contributed by atoms with Gasteiger partial charge in [-0.25, -0.2) is 4.79 Å². The molecule has 0 saturated carbocycles. The fourth-order valence-electron chi connectivity index (χ4n) is 1.88. The minimum absolute atomic E-state index is 0.152. The fourth-order valence-corrected chi connectivity index (χ4v) is 1.88. The van der Waals surface area contributed by atoms with Crippen molar-refractivity contribution in [3.8, 4) is 5.75 Å². The second-order valence-electron chi connectivity index (χ2n) is 4.30. The third-order valence-corrected chi connectivity index (χ3v) is 2.93. The second kappa shape index (κ2) is 5.53. The Bertz CT molecular complexity index is 406. The molecule has 90 valence electrons. The van der Waals surface area contributed by atoms with Crippen LogP contribution in [0.4, 0.5) is 0 Å². The molecule has 0 saturated heterocycles. The summed E-state index contributed by atoms with van der Waals surface area (Å²) in [6.07, 6.45) is 7.45. The van der Waals surface area contributed by atoms with E-state index in [0.29, 0.717) is 18.1 Å². The number of esters is 1. The molecule has 0 aromatic heterocycles. The first-order chi connectivity index (χ1) is 8.25. The van der Waals surface area contributed by atoms with Crippen molar-refractivity contribution < 1.29 is 14.6 Å². The molecule has 0 fully saturated rings. The molecule has 0 amide bonds. The maximum atomic E-state index is 11.7. The third kappa shape index (κ3) is 3.34. The number of hydrogen-bond donors (Lipinski definition) is 1. The molecular weight excluding hydrogens is 216 g/mol. The number of phenolic OH excluding ortho intramolecular Hbond substituents is 1. The molecule has 17 heavy (non-hydrogen) atoms. The van der Waals surface area contributed by atoms with Crippen LogP contribution in [0.15, 0.2) is 36.4 Å². The zero-order valence-electron chi connectivity index (χ0n) is 9.63. The van der Waals surface area contributed by atoms with Gasteiger partial charge in [-0.1, -0.05) is 12.2 Å². The van der Waals surface area contributed by atoms with Crippen LogP contribution in [-0.2, 0) is 4.74 Å². The first-order valence-electron chi connectivity index (χ1n) is 5.87.